The molecule has 8 atom stereocenters. The molecule has 8 unspecified atom stereocenters. The van der Waals surface area contributed by atoms with Gasteiger partial charge in [-0.3, -0.25) is 0 Å². The molecule has 4 bridgehead atoms. The largest absolute Gasteiger partial charge is 0.0996 e. The van der Waals surface area contributed by atoms with Crippen molar-refractivity contribution in [3.8, 4) is 0 Å². The first kappa shape index (κ1) is 41.1. The van der Waals surface area contributed by atoms with E-state index in [0.29, 0.717) is 10.8 Å². The number of fused-ring (bicyclic) bond motifs is 7. The standard InChI is InChI=1S/C15H22.C11H16.C5H8.C4H6.3C2H6/c1-10(2)15(3)9-11-8-14(15)13-7-5-4-6-12(11)13;1-8(2)11(3)7-9-4-5-10(11)6-9;1-4-5(2)3;1-3-4-2;3*1-2/h4-5,11-14H,1,6-9H2,2-3H3;4-5,9-10H,1,6-7H2,2-3H3;4H,1-2H2,3H3;3-4H,1-2H2;3*1-2H3. The first-order chi connectivity index (χ1) is 19.4. The Hall–Kier alpha value is -2.08. The highest BCUT2D eigenvalue weighted by Crippen LogP contribution is 2.65. The van der Waals surface area contributed by atoms with Crippen LogP contribution in [-0.4, -0.2) is 0 Å². The van der Waals surface area contributed by atoms with Gasteiger partial charge in [0.25, 0.3) is 0 Å². The Morgan fingerprint density at radius 3 is 1.46 bits per heavy atom. The van der Waals surface area contributed by atoms with E-state index in [2.05, 4.69) is 91.5 Å². The molecule has 0 aromatic rings. The van der Waals surface area contributed by atoms with Gasteiger partial charge in [-0.25, -0.2) is 0 Å². The minimum atomic E-state index is 0.430. The molecule has 0 amide bonds. The lowest BCUT2D eigenvalue weighted by Crippen LogP contribution is -2.36. The average Bonchev–Trinajstić information content (AvgIpc) is 3.77. The van der Waals surface area contributed by atoms with E-state index in [-0.39, 0.29) is 0 Å². The summed E-state index contributed by atoms with van der Waals surface area (Å²) in [6.45, 7) is 45.2. The quantitative estimate of drug-likeness (QED) is 0.236. The first-order valence-electron chi connectivity index (χ1n) is 16.6. The zero-order valence-corrected chi connectivity index (χ0v) is 29.5. The third-order valence-corrected chi connectivity index (χ3v) is 9.86. The van der Waals surface area contributed by atoms with Crippen molar-refractivity contribution in [3.63, 3.8) is 0 Å². The Labute approximate surface area is 259 Å². The van der Waals surface area contributed by atoms with Crippen LogP contribution in [0.3, 0.4) is 0 Å². The van der Waals surface area contributed by atoms with E-state index in [1.807, 2.05) is 48.5 Å². The number of allylic oxidation sites excluding steroid dienone is 10. The van der Waals surface area contributed by atoms with Gasteiger partial charge in [0.15, 0.2) is 0 Å². The van der Waals surface area contributed by atoms with Crippen LogP contribution in [0.25, 0.3) is 0 Å². The summed E-state index contributed by atoms with van der Waals surface area (Å²) in [5, 5.41) is 0. The van der Waals surface area contributed by atoms with Gasteiger partial charge in [-0.15, -0.1) is 0 Å². The molecule has 0 heterocycles. The molecule has 0 heteroatoms. The van der Waals surface area contributed by atoms with Crippen LogP contribution in [0.1, 0.15) is 115 Å². The second kappa shape index (κ2) is 20.7. The molecule has 0 aromatic heterocycles. The molecule has 234 valence electrons. The third-order valence-electron chi connectivity index (χ3n) is 9.86. The molecule has 3 saturated carbocycles. The van der Waals surface area contributed by atoms with Crippen molar-refractivity contribution in [1.82, 2.24) is 0 Å². The fourth-order valence-corrected chi connectivity index (χ4v) is 7.28. The lowest BCUT2D eigenvalue weighted by Gasteiger charge is -2.44. The van der Waals surface area contributed by atoms with Crippen LogP contribution in [0.5, 0.6) is 0 Å². The maximum atomic E-state index is 4.25. The highest BCUT2D eigenvalue weighted by atomic mass is 14.6. The van der Waals surface area contributed by atoms with Crippen LogP contribution in [0, 0.1) is 46.3 Å². The van der Waals surface area contributed by atoms with Crippen molar-refractivity contribution in [2.45, 2.75) is 115 Å². The van der Waals surface area contributed by atoms with E-state index in [0.717, 1.165) is 41.1 Å². The van der Waals surface area contributed by atoms with Gasteiger partial charge in [0.05, 0.1) is 0 Å². The Bertz CT molecular complexity index is 872. The van der Waals surface area contributed by atoms with Crippen LogP contribution >= 0.6 is 0 Å². The first-order valence-corrected chi connectivity index (χ1v) is 16.6. The van der Waals surface area contributed by atoms with E-state index < -0.39 is 0 Å². The molecule has 41 heavy (non-hydrogen) atoms. The van der Waals surface area contributed by atoms with Crippen molar-refractivity contribution < 1.29 is 0 Å². The monoisotopic (exact) mass is 563 g/mol. The lowest BCUT2D eigenvalue weighted by atomic mass is 9.61. The molecule has 0 spiro atoms. The molecule has 0 radical (unpaired) electrons. The smallest absolute Gasteiger partial charge is 0.00533 e. The second-order valence-corrected chi connectivity index (χ2v) is 12.2. The van der Waals surface area contributed by atoms with Gasteiger partial charge < -0.3 is 0 Å². The van der Waals surface area contributed by atoms with E-state index in [4.69, 9.17) is 0 Å². The summed E-state index contributed by atoms with van der Waals surface area (Å²) in [5.74, 6) is 5.61. The van der Waals surface area contributed by atoms with Crippen molar-refractivity contribution in [2.24, 2.45) is 46.3 Å². The van der Waals surface area contributed by atoms with Gasteiger partial charge in [-0.1, -0.05) is 154 Å². The summed E-state index contributed by atoms with van der Waals surface area (Å²) in [6, 6.07) is 0. The number of rotatable bonds is 4. The molecule has 5 aliphatic rings. The van der Waals surface area contributed by atoms with Crippen molar-refractivity contribution >= 4 is 0 Å². The minimum absolute atomic E-state index is 0.430. The molecule has 3 fully saturated rings. The fraction of sp³-hybridized carbons (Fsp3) is 0.610. The number of hydrogen-bond donors (Lipinski definition) is 0. The molecular weight excluding hydrogens is 492 g/mol. The Morgan fingerprint density at radius 1 is 0.683 bits per heavy atom. The van der Waals surface area contributed by atoms with Crippen LogP contribution in [0.4, 0.5) is 0 Å². The van der Waals surface area contributed by atoms with Gasteiger partial charge in [0.1, 0.15) is 0 Å². The maximum absolute atomic E-state index is 4.25. The van der Waals surface area contributed by atoms with Crippen LogP contribution in [-0.2, 0) is 0 Å². The van der Waals surface area contributed by atoms with Crippen LogP contribution in [0.15, 0.2) is 98.7 Å². The van der Waals surface area contributed by atoms with Gasteiger partial charge in [-0.05, 0) is 106 Å². The number of hydrogen-bond acceptors (Lipinski definition) is 0. The summed E-state index contributed by atoms with van der Waals surface area (Å²) in [5.41, 5.74) is 4.72. The molecule has 0 aromatic carbocycles. The maximum Gasteiger partial charge on any atom is -0.00533 e. The van der Waals surface area contributed by atoms with Crippen LogP contribution < -0.4 is 0 Å². The predicted octanol–water partition coefficient (Wildman–Crippen LogP) is 13.5. The molecule has 5 rings (SSSR count). The van der Waals surface area contributed by atoms with Crippen molar-refractivity contribution in [1.29, 1.82) is 0 Å². The van der Waals surface area contributed by atoms with E-state index in [1.165, 1.54) is 49.7 Å². The lowest BCUT2D eigenvalue weighted by molar-refractivity contribution is 0.109. The normalized spacial score (nSPS) is 33.2. The zero-order chi connectivity index (χ0) is 32.4. The van der Waals surface area contributed by atoms with Crippen molar-refractivity contribution in [2.75, 3.05) is 0 Å². The summed E-state index contributed by atoms with van der Waals surface area (Å²) in [7, 11) is 0. The van der Waals surface area contributed by atoms with Gasteiger partial charge in [0, 0.05) is 0 Å². The molecule has 5 aliphatic carbocycles. The van der Waals surface area contributed by atoms with Crippen LogP contribution in [0.2, 0.25) is 0 Å². The zero-order valence-electron chi connectivity index (χ0n) is 29.5. The van der Waals surface area contributed by atoms with Gasteiger partial charge in [0.2, 0.25) is 0 Å². The Morgan fingerprint density at radius 2 is 1.15 bits per heavy atom. The molecule has 0 aliphatic heterocycles. The summed E-state index contributed by atoms with van der Waals surface area (Å²) < 4.78 is 0. The van der Waals surface area contributed by atoms with Crippen molar-refractivity contribution in [3.05, 3.63) is 98.7 Å². The second-order valence-electron chi connectivity index (χ2n) is 12.2. The molecule has 0 N–H and O–H groups in total. The van der Waals surface area contributed by atoms with E-state index >= 15 is 0 Å². The van der Waals surface area contributed by atoms with Gasteiger partial charge >= 0.3 is 0 Å². The highest BCUT2D eigenvalue weighted by Gasteiger charge is 2.57. The summed E-state index contributed by atoms with van der Waals surface area (Å²) >= 11 is 0. The summed E-state index contributed by atoms with van der Waals surface area (Å²) in [4.78, 5) is 0. The highest BCUT2D eigenvalue weighted by molar-refractivity contribution is 5.23. The minimum Gasteiger partial charge on any atom is -0.0996 e. The third kappa shape index (κ3) is 10.9. The average molecular weight is 563 g/mol. The molecule has 0 nitrogen and oxygen atoms in total. The predicted molar refractivity (Wildman–Crippen MR) is 192 cm³/mol. The topological polar surface area (TPSA) is 0 Å². The summed E-state index contributed by atoms with van der Waals surface area (Å²) in [6.07, 6.45) is 22.9. The van der Waals surface area contributed by atoms with Gasteiger partial charge in [-0.2, -0.15) is 0 Å². The fourth-order valence-electron chi connectivity index (χ4n) is 7.28. The SMILES string of the molecule is C=C(C)C1(C)CC2C=CC1C2.C=C(C)C1(C)CC2CC1C1CC=CCC21.C=CC(=C)C.C=CC=C.CC.CC.CC. The van der Waals surface area contributed by atoms with E-state index in [9.17, 15) is 0 Å². The van der Waals surface area contributed by atoms with E-state index in [1.54, 1.807) is 18.2 Å². The Balaban J connectivity index is 0. The molecular formula is C41H70. The molecule has 0 saturated heterocycles. The Kier molecular flexibility index (Phi) is 20.8.